The molecular formula is C16H24BrN3O. The number of hydrogen-bond acceptors (Lipinski definition) is 3. The zero-order chi connectivity index (χ0) is 15.4. The lowest BCUT2D eigenvalue weighted by Gasteiger charge is -2.37. The van der Waals surface area contributed by atoms with E-state index in [4.69, 9.17) is 0 Å². The molecule has 2 N–H and O–H groups in total. The molecule has 116 valence electrons. The Bertz CT molecular complexity index is 477. The number of carbonyl (C=O) groups is 1. The maximum Gasteiger partial charge on any atom is 0.234 e. The van der Waals surface area contributed by atoms with Gasteiger partial charge in [-0.1, -0.05) is 28.1 Å². The van der Waals surface area contributed by atoms with Crippen molar-refractivity contribution < 1.29 is 4.79 Å². The molecule has 5 heteroatoms. The van der Waals surface area contributed by atoms with Crippen LogP contribution >= 0.6 is 15.9 Å². The molecule has 3 atom stereocenters. The Hall–Kier alpha value is -0.910. The van der Waals surface area contributed by atoms with Crippen molar-refractivity contribution in [1.29, 1.82) is 0 Å². The minimum absolute atomic E-state index is 0.0289. The molecule has 21 heavy (non-hydrogen) atoms. The number of benzene rings is 1. The molecule has 0 spiro atoms. The highest BCUT2D eigenvalue weighted by molar-refractivity contribution is 9.10. The summed E-state index contributed by atoms with van der Waals surface area (Å²) in [5.41, 5.74) is 1.12. The molecule has 0 aromatic heterocycles. The minimum atomic E-state index is 0.0289. The Morgan fingerprint density at radius 2 is 2.10 bits per heavy atom. The van der Waals surface area contributed by atoms with Crippen molar-refractivity contribution in [2.75, 3.05) is 19.6 Å². The van der Waals surface area contributed by atoms with Crippen LogP contribution < -0.4 is 10.6 Å². The first kappa shape index (κ1) is 16.5. The summed E-state index contributed by atoms with van der Waals surface area (Å²) in [7, 11) is 0. The van der Waals surface area contributed by atoms with E-state index in [0.717, 1.165) is 23.1 Å². The van der Waals surface area contributed by atoms with Gasteiger partial charge in [-0.15, -0.1) is 0 Å². The van der Waals surface area contributed by atoms with Crippen LogP contribution in [0.25, 0.3) is 0 Å². The number of rotatable bonds is 4. The fraction of sp³-hybridized carbons (Fsp3) is 0.562. The summed E-state index contributed by atoms with van der Waals surface area (Å²) >= 11 is 3.42. The average Bonchev–Trinajstić information content (AvgIpc) is 2.43. The van der Waals surface area contributed by atoms with E-state index >= 15 is 0 Å². The summed E-state index contributed by atoms with van der Waals surface area (Å²) < 4.78 is 1.05. The molecule has 1 saturated heterocycles. The van der Waals surface area contributed by atoms with E-state index in [9.17, 15) is 4.79 Å². The molecule has 1 aromatic carbocycles. The summed E-state index contributed by atoms with van der Waals surface area (Å²) in [4.78, 5) is 14.5. The SMILES string of the molecule is CC1CN(CC(=O)NC(C)c2ccc(Br)cc2)C(C)CN1. The smallest absolute Gasteiger partial charge is 0.234 e. The van der Waals surface area contributed by atoms with Crippen molar-refractivity contribution in [2.45, 2.75) is 38.9 Å². The van der Waals surface area contributed by atoms with Crippen LogP contribution in [0, 0.1) is 0 Å². The van der Waals surface area contributed by atoms with Gasteiger partial charge in [0.15, 0.2) is 0 Å². The number of halogens is 1. The first-order chi connectivity index (χ1) is 9.95. The molecule has 1 fully saturated rings. The zero-order valence-electron chi connectivity index (χ0n) is 12.9. The molecule has 0 saturated carbocycles. The van der Waals surface area contributed by atoms with Gasteiger partial charge in [0.25, 0.3) is 0 Å². The van der Waals surface area contributed by atoms with Crippen LogP contribution in [0.15, 0.2) is 28.7 Å². The van der Waals surface area contributed by atoms with Gasteiger partial charge in [-0.2, -0.15) is 0 Å². The lowest BCUT2D eigenvalue weighted by molar-refractivity contribution is -0.123. The second-order valence-corrected chi connectivity index (χ2v) is 6.84. The first-order valence-electron chi connectivity index (χ1n) is 7.48. The monoisotopic (exact) mass is 353 g/mol. The second-order valence-electron chi connectivity index (χ2n) is 5.93. The maximum atomic E-state index is 12.2. The number of nitrogens with one attached hydrogen (secondary N) is 2. The van der Waals surface area contributed by atoms with E-state index < -0.39 is 0 Å². The van der Waals surface area contributed by atoms with Crippen LogP contribution in [-0.4, -0.2) is 42.5 Å². The van der Waals surface area contributed by atoms with E-state index in [0.29, 0.717) is 18.6 Å². The molecule has 0 aliphatic carbocycles. The normalized spacial score (nSPS) is 24.6. The topological polar surface area (TPSA) is 44.4 Å². The van der Waals surface area contributed by atoms with E-state index in [1.807, 2.05) is 31.2 Å². The van der Waals surface area contributed by atoms with Crippen molar-refractivity contribution in [3.8, 4) is 0 Å². The number of hydrogen-bond donors (Lipinski definition) is 2. The highest BCUT2D eigenvalue weighted by Gasteiger charge is 2.24. The van der Waals surface area contributed by atoms with Crippen LogP contribution in [-0.2, 0) is 4.79 Å². The van der Waals surface area contributed by atoms with E-state index in [1.165, 1.54) is 0 Å². The standard InChI is InChI=1S/C16H24BrN3O/c1-11-9-20(12(2)8-18-11)10-16(21)19-13(3)14-4-6-15(17)7-5-14/h4-7,11-13,18H,8-10H2,1-3H3,(H,19,21). The van der Waals surface area contributed by atoms with Gasteiger partial charge in [-0.05, 0) is 38.5 Å². The fourth-order valence-corrected chi connectivity index (χ4v) is 2.89. The molecular weight excluding hydrogens is 330 g/mol. The molecule has 1 heterocycles. The third-order valence-electron chi connectivity index (χ3n) is 3.99. The van der Waals surface area contributed by atoms with Gasteiger partial charge in [0.05, 0.1) is 12.6 Å². The molecule has 3 unspecified atom stereocenters. The van der Waals surface area contributed by atoms with Crippen LogP contribution in [0.2, 0.25) is 0 Å². The lowest BCUT2D eigenvalue weighted by atomic mass is 10.1. The molecule has 4 nitrogen and oxygen atoms in total. The maximum absolute atomic E-state index is 12.2. The number of piperazine rings is 1. The summed E-state index contributed by atoms with van der Waals surface area (Å²) in [6, 6.07) is 8.93. The van der Waals surface area contributed by atoms with Gasteiger partial charge in [-0.3, -0.25) is 9.69 Å². The van der Waals surface area contributed by atoms with E-state index in [2.05, 4.69) is 45.3 Å². The lowest BCUT2D eigenvalue weighted by Crippen LogP contribution is -2.56. The molecule has 0 radical (unpaired) electrons. The Kier molecular flexibility index (Phi) is 5.79. The Morgan fingerprint density at radius 1 is 1.43 bits per heavy atom. The van der Waals surface area contributed by atoms with Gasteiger partial charge >= 0.3 is 0 Å². The minimum Gasteiger partial charge on any atom is -0.348 e. The van der Waals surface area contributed by atoms with Crippen molar-refractivity contribution in [2.24, 2.45) is 0 Å². The quantitative estimate of drug-likeness (QED) is 0.872. The average molecular weight is 354 g/mol. The molecule has 1 aliphatic rings. The predicted molar refractivity (Wildman–Crippen MR) is 89.2 cm³/mol. The van der Waals surface area contributed by atoms with Crippen molar-refractivity contribution in [3.63, 3.8) is 0 Å². The summed E-state index contributed by atoms with van der Waals surface area (Å²) in [5.74, 6) is 0.0892. The van der Waals surface area contributed by atoms with Crippen LogP contribution in [0.4, 0.5) is 0 Å². The second kappa shape index (κ2) is 7.38. The highest BCUT2D eigenvalue weighted by atomic mass is 79.9. The van der Waals surface area contributed by atoms with Gasteiger partial charge in [-0.25, -0.2) is 0 Å². The Labute approximate surface area is 135 Å². The third kappa shape index (κ3) is 4.80. The number of nitrogens with zero attached hydrogens (tertiary/aromatic N) is 1. The van der Waals surface area contributed by atoms with Gasteiger partial charge < -0.3 is 10.6 Å². The molecule has 0 bridgehead atoms. The molecule has 2 rings (SSSR count). The summed E-state index contributed by atoms with van der Waals surface area (Å²) in [6.07, 6.45) is 0. The fourth-order valence-electron chi connectivity index (χ4n) is 2.62. The molecule has 1 aromatic rings. The Morgan fingerprint density at radius 3 is 2.76 bits per heavy atom. The van der Waals surface area contributed by atoms with Crippen LogP contribution in [0.1, 0.15) is 32.4 Å². The van der Waals surface area contributed by atoms with Crippen molar-refractivity contribution in [1.82, 2.24) is 15.5 Å². The van der Waals surface area contributed by atoms with Gasteiger partial charge in [0.1, 0.15) is 0 Å². The van der Waals surface area contributed by atoms with Crippen molar-refractivity contribution in [3.05, 3.63) is 34.3 Å². The Balaban J connectivity index is 1.87. The van der Waals surface area contributed by atoms with E-state index in [-0.39, 0.29) is 11.9 Å². The third-order valence-corrected chi connectivity index (χ3v) is 4.52. The zero-order valence-corrected chi connectivity index (χ0v) is 14.5. The summed E-state index contributed by atoms with van der Waals surface area (Å²) in [6.45, 7) is 8.66. The summed E-state index contributed by atoms with van der Waals surface area (Å²) in [5, 5.41) is 6.51. The van der Waals surface area contributed by atoms with Crippen LogP contribution in [0.5, 0.6) is 0 Å². The largest absolute Gasteiger partial charge is 0.348 e. The van der Waals surface area contributed by atoms with Gasteiger partial charge in [0.2, 0.25) is 5.91 Å². The molecule has 1 amide bonds. The predicted octanol–water partition coefficient (Wildman–Crippen LogP) is 2.31. The number of carbonyl (C=O) groups excluding carboxylic acids is 1. The highest BCUT2D eigenvalue weighted by Crippen LogP contribution is 2.16. The number of amides is 1. The molecule has 1 aliphatic heterocycles. The van der Waals surface area contributed by atoms with Gasteiger partial charge in [0, 0.05) is 29.6 Å². The van der Waals surface area contributed by atoms with Crippen molar-refractivity contribution >= 4 is 21.8 Å². The van der Waals surface area contributed by atoms with Crippen LogP contribution in [0.3, 0.4) is 0 Å². The van der Waals surface area contributed by atoms with E-state index in [1.54, 1.807) is 0 Å². The first-order valence-corrected chi connectivity index (χ1v) is 8.27.